The maximum absolute atomic E-state index is 12.6. The minimum absolute atomic E-state index is 0.0443. The molecule has 0 radical (unpaired) electrons. The number of hydrogen-bond donors (Lipinski definition) is 0. The molecule has 3 atom stereocenters. The summed E-state index contributed by atoms with van der Waals surface area (Å²) in [7, 11) is 1.65. The van der Waals surface area contributed by atoms with E-state index in [9.17, 15) is 9.59 Å². The molecule has 3 nitrogen and oxygen atoms in total. The Hall–Kier alpha value is -1.64. The van der Waals surface area contributed by atoms with E-state index < -0.39 is 5.41 Å². The van der Waals surface area contributed by atoms with Crippen LogP contribution in [0.15, 0.2) is 24.3 Å². The summed E-state index contributed by atoms with van der Waals surface area (Å²) in [5.41, 5.74) is 2.25. The van der Waals surface area contributed by atoms with Crippen molar-refractivity contribution in [2.75, 3.05) is 7.05 Å². The second-order valence-corrected chi connectivity index (χ2v) is 6.27. The maximum atomic E-state index is 12.6. The van der Waals surface area contributed by atoms with Gasteiger partial charge in [0, 0.05) is 7.05 Å². The molecule has 1 aromatic carbocycles. The van der Waals surface area contributed by atoms with Crippen LogP contribution in [0.4, 0.5) is 0 Å². The summed E-state index contributed by atoms with van der Waals surface area (Å²) < 4.78 is 0. The Balaban J connectivity index is 1.88. The summed E-state index contributed by atoms with van der Waals surface area (Å²) in [6, 6.07) is 8.44. The molecule has 3 aliphatic rings. The molecule has 1 heterocycles. The van der Waals surface area contributed by atoms with E-state index >= 15 is 0 Å². The smallest absolute Gasteiger partial charge is 0.236 e. The molecular weight excluding hydrogens is 238 g/mol. The second-order valence-electron chi connectivity index (χ2n) is 6.27. The van der Waals surface area contributed by atoms with E-state index in [0.29, 0.717) is 5.92 Å². The zero-order chi connectivity index (χ0) is 13.2. The van der Waals surface area contributed by atoms with Crippen LogP contribution in [0.2, 0.25) is 0 Å². The van der Waals surface area contributed by atoms with Crippen LogP contribution in [0.25, 0.3) is 0 Å². The number of benzene rings is 1. The van der Waals surface area contributed by atoms with Gasteiger partial charge in [-0.3, -0.25) is 14.5 Å². The van der Waals surface area contributed by atoms with Gasteiger partial charge < -0.3 is 0 Å². The molecule has 1 unspecified atom stereocenters. The van der Waals surface area contributed by atoms with Crippen LogP contribution in [-0.4, -0.2) is 23.8 Å². The van der Waals surface area contributed by atoms with Gasteiger partial charge in [0.1, 0.15) is 0 Å². The predicted molar refractivity (Wildman–Crippen MR) is 70.4 cm³/mol. The monoisotopic (exact) mass is 255 g/mol. The third-order valence-electron chi connectivity index (χ3n) is 5.44. The van der Waals surface area contributed by atoms with Crippen LogP contribution in [0.5, 0.6) is 0 Å². The van der Waals surface area contributed by atoms with Crippen molar-refractivity contribution in [2.45, 2.75) is 31.6 Å². The molecule has 98 valence electrons. The van der Waals surface area contributed by atoms with Gasteiger partial charge in [0.25, 0.3) is 0 Å². The molecule has 2 bridgehead atoms. The van der Waals surface area contributed by atoms with Crippen molar-refractivity contribution in [3.63, 3.8) is 0 Å². The van der Waals surface area contributed by atoms with Gasteiger partial charge in [0.15, 0.2) is 0 Å². The maximum Gasteiger partial charge on any atom is 0.236 e. The lowest BCUT2D eigenvalue weighted by Gasteiger charge is -2.44. The number of carbonyl (C=O) groups excluding carboxylic acids is 2. The summed E-state index contributed by atoms with van der Waals surface area (Å²) in [6.45, 7) is 0. The minimum Gasteiger partial charge on any atom is -0.285 e. The van der Waals surface area contributed by atoms with E-state index in [-0.39, 0.29) is 17.7 Å². The molecular formula is C16H17NO2. The van der Waals surface area contributed by atoms with E-state index in [1.165, 1.54) is 16.0 Å². The summed E-state index contributed by atoms with van der Waals surface area (Å²) in [4.78, 5) is 26.2. The third kappa shape index (κ3) is 1.23. The molecule has 4 rings (SSSR count). The van der Waals surface area contributed by atoms with Crippen LogP contribution < -0.4 is 0 Å². The Labute approximate surface area is 112 Å². The number of carbonyl (C=O) groups is 2. The lowest BCUT2D eigenvalue weighted by Crippen LogP contribution is -2.44. The van der Waals surface area contributed by atoms with Crippen LogP contribution in [0.3, 0.4) is 0 Å². The molecule has 0 N–H and O–H groups in total. The zero-order valence-electron chi connectivity index (χ0n) is 11.1. The normalized spacial score (nSPS) is 36.2. The Kier molecular flexibility index (Phi) is 2.05. The molecule has 1 aromatic rings. The van der Waals surface area contributed by atoms with Crippen molar-refractivity contribution in [3.05, 3.63) is 35.4 Å². The number of fused-ring (bicyclic) bond motifs is 3. The van der Waals surface area contributed by atoms with E-state index in [0.717, 1.165) is 25.7 Å². The van der Waals surface area contributed by atoms with Crippen molar-refractivity contribution >= 4 is 11.8 Å². The van der Waals surface area contributed by atoms with Gasteiger partial charge in [0.2, 0.25) is 11.8 Å². The van der Waals surface area contributed by atoms with Gasteiger partial charge in [-0.15, -0.1) is 0 Å². The first-order valence-corrected chi connectivity index (χ1v) is 7.03. The third-order valence-corrected chi connectivity index (χ3v) is 5.44. The fourth-order valence-corrected chi connectivity index (χ4v) is 4.56. The van der Waals surface area contributed by atoms with Crippen molar-refractivity contribution in [3.8, 4) is 0 Å². The lowest BCUT2D eigenvalue weighted by atomic mass is 9.56. The summed E-state index contributed by atoms with van der Waals surface area (Å²) >= 11 is 0. The van der Waals surface area contributed by atoms with Crippen LogP contribution in [-0.2, 0) is 16.0 Å². The Morgan fingerprint density at radius 3 is 2.84 bits per heavy atom. The topological polar surface area (TPSA) is 37.4 Å². The minimum atomic E-state index is -0.427. The van der Waals surface area contributed by atoms with Crippen LogP contribution >= 0.6 is 0 Å². The van der Waals surface area contributed by atoms with E-state index in [1.54, 1.807) is 7.05 Å². The van der Waals surface area contributed by atoms with E-state index in [1.807, 2.05) is 6.07 Å². The molecule has 2 aliphatic carbocycles. The summed E-state index contributed by atoms with van der Waals surface area (Å²) in [6.07, 6.45) is 3.52. The fourth-order valence-electron chi connectivity index (χ4n) is 4.56. The average Bonchev–Trinajstić information content (AvgIpc) is 2.61. The van der Waals surface area contributed by atoms with Crippen molar-refractivity contribution in [1.29, 1.82) is 0 Å². The summed E-state index contributed by atoms with van der Waals surface area (Å²) in [5, 5.41) is 0. The molecule has 2 fully saturated rings. The Morgan fingerprint density at radius 2 is 2.00 bits per heavy atom. The molecule has 1 saturated carbocycles. The van der Waals surface area contributed by atoms with Gasteiger partial charge >= 0.3 is 0 Å². The van der Waals surface area contributed by atoms with Crippen molar-refractivity contribution < 1.29 is 9.59 Å². The van der Waals surface area contributed by atoms with Gasteiger partial charge in [-0.05, 0) is 42.7 Å². The predicted octanol–water partition coefficient (Wildman–Crippen LogP) is 2.11. The average molecular weight is 255 g/mol. The standard InChI is InChI=1S/C16H17NO2/c1-17-14(18)13-7-6-11-9-16(13,15(17)19)8-10-4-2-3-5-12(10)11/h2-5,11,13H,6-9H2,1H3/t11?,13-,16-/m0/s1. The number of rotatable bonds is 0. The SMILES string of the molecule is CN1C(=O)[C@@H]2CCC3C[C@]2(Cc2ccccc23)C1=O. The highest BCUT2D eigenvalue weighted by Crippen LogP contribution is 2.57. The quantitative estimate of drug-likeness (QED) is 0.666. The second kappa shape index (κ2) is 3.47. The first-order chi connectivity index (χ1) is 9.13. The van der Waals surface area contributed by atoms with Crippen molar-refractivity contribution in [1.82, 2.24) is 4.90 Å². The lowest BCUT2D eigenvalue weighted by molar-refractivity contribution is -0.140. The Bertz CT molecular complexity index is 594. The van der Waals surface area contributed by atoms with Crippen LogP contribution in [0, 0.1) is 11.3 Å². The van der Waals surface area contributed by atoms with Crippen molar-refractivity contribution in [2.24, 2.45) is 11.3 Å². The van der Waals surface area contributed by atoms with Gasteiger partial charge in [-0.2, -0.15) is 0 Å². The number of hydrogen-bond acceptors (Lipinski definition) is 2. The largest absolute Gasteiger partial charge is 0.285 e. The highest BCUT2D eigenvalue weighted by Gasteiger charge is 2.61. The highest BCUT2D eigenvalue weighted by molar-refractivity contribution is 6.07. The molecule has 0 aromatic heterocycles. The highest BCUT2D eigenvalue weighted by atomic mass is 16.2. The number of amides is 2. The first kappa shape index (κ1) is 11.2. The van der Waals surface area contributed by atoms with Gasteiger partial charge in [-0.1, -0.05) is 24.3 Å². The van der Waals surface area contributed by atoms with Gasteiger partial charge in [0.05, 0.1) is 11.3 Å². The molecule has 1 saturated heterocycles. The molecule has 1 aliphatic heterocycles. The molecule has 2 amide bonds. The van der Waals surface area contributed by atoms with E-state index in [4.69, 9.17) is 0 Å². The number of nitrogens with zero attached hydrogens (tertiary/aromatic N) is 1. The van der Waals surface area contributed by atoms with Crippen LogP contribution in [0.1, 0.15) is 36.3 Å². The number of imide groups is 1. The fraction of sp³-hybridized carbons (Fsp3) is 0.500. The van der Waals surface area contributed by atoms with Gasteiger partial charge in [-0.25, -0.2) is 0 Å². The number of likely N-dealkylation sites (tertiary alicyclic amines) is 1. The zero-order valence-corrected chi connectivity index (χ0v) is 11.1. The molecule has 1 spiro atoms. The van der Waals surface area contributed by atoms with E-state index in [2.05, 4.69) is 18.2 Å². The molecule has 3 heteroatoms. The summed E-state index contributed by atoms with van der Waals surface area (Å²) in [5.74, 6) is 0.489. The molecule has 19 heavy (non-hydrogen) atoms. The first-order valence-electron chi connectivity index (χ1n) is 7.03. The Morgan fingerprint density at radius 1 is 1.21 bits per heavy atom.